The van der Waals surface area contributed by atoms with Gasteiger partial charge in [-0.05, 0) is 17.0 Å². The second-order valence-electron chi connectivity index (χ2n) is 5.60. The van der Waals surface area contributed by atoms with E-state index in [1.165, 1.54) is 0 Å². The van der Waals surface area contributed by atoms with E-state index < -0.39 is 0 Å². The molecule has 4 heteroatoms. The van der Waals surface area contributed by atoms with Crippen LogP contribution in [0.4, 0.5) is 0 Å². The molecule has 1 aromatic heterocycles. The van der Waals surface area contributed by atoms with Crippen LogP contribution in [0.2, 0.25) is 0 Å². The van der Waals surface area contributed by atoms with Gasteiger partial charge >= 0.3 is 0 Å². The lowest BCUT2D eigenvalue weighted by molar-refractivity contribution is -0.657. The van der Waals surface area contributed by atoms with Crippen molar-refractivity contribution >= 4 is 0 Å². The molecule has 0 aliphatic rings. The maximum absolute atomic E-state index is 12.8. The van der Waals surface area contributed by atoms with Gasteiger partial charge in [0.05, 0.1) is 5.56 Å². The van der Waals surface area contributed by atoms with Crippen LogP contribution in [0.3, 0.4) is 0 Å². The lowest BCUT2D eigenvalue weighted by Gasteiger charge is -2.10. The van der Waals surface area contributed by atoms with E-state index in [9.17, 15) is 5.21 Å². The Bertz CT molecular complexity index is 988. The van der Waals surface area contributed by atoms with Crippen molar-refractivity contribution in [2.24, 2.45) is 0 Å². The van der Waals surface area contributed by atoms with Crippen molar-refractivity contribution < 1.29 is 4.85 Å². The predicted molar refractivity (Wildman–Crippen MR) is 97.3 cm³/mol. The summed E-state index contributed by atoms with van der Waals surface area (Å²) >= 11 is 0. The number of benzene rings is 3. The van der Waals surface area contributed by atoms with Crippen LogP contribution >= 0.6 is 0 Å². The van der Waals surface area contributed by atoms with Crippen molar-refractivity contribution in [3.63, 3.8) is 0 Å². The number of hydrogen-bond acceptors (Lipinski definition) is 3. The Labute approximate surface area is 145 Å². The Kier molecular flexibility index (Phi) is 3.92. The van der Waals surface area contributed by atoms with Gasteiger partial charge in [0.2, 0.25) is 5.82 Å². The lowest BCUT2D eigenvalue weighted by Crippen LogP contribution is -2.36. The fourth-order valence-electron chi connectivity index (χ4n) is 2.76. The fraction of sp³-hybridized carbons (Fsp3) is 0. The summed E-state index contributed by atoms with van der Waals surface area (Å²) in [4.78, 5) is 5.39. The first-order chi connectivity index (χ1) is 12.3. The minimum Gasteiger partial charge on any atom is -0.594 e. The average Bonchev–Trinajstić information content (AvgIpc) is 2.69. The highest BCUT2D eigenvalue weighted by Crippen LogP contribution is 2.28. The number of rotatable bonds is 3. The molecule has 0 spiro atoms. The lowest BCUT2D eigenvalue weighted by atomic mass is 10.0. The Balaban J connectivity index is 1.99. The first kappa shape index (κ1) is 15.0. The Morgan fingerprint density at radius 3 is 1.64 bits per heavy atom. The molecule has 0 saturated heterocycles. The van der Waals surface area contributed by atoms with Crippen LogP contribution < -0.4 is 4.85 Å². The van der Waals surface area contributed by atoms with E-state index in [1.54, 1.807) is 0 Å². The molecule has 0 radical (unpaired) electrons. The molecular weight excluding hydrogens is 310 g/mol. The van der Waals surface area contributed by atoms with Gasteiger partial charge in [-0.2, -0.15) is 0 Å². The monoisotopic (exact) mass is 325 g/mol. The Morgan fingerprint density at radius 1 is 0.600 bits per heavy atom. The highest BCUT2D eigenvalue weighted by atomic mass is 16.5. The highest BCUT2D eigenvalue weighted by molar-refractivity contribution is 5.76. The largest absolute Gasteiger partial charge is 0.594 e. The van der Waals surface area contributed by atoms with Crippen molar-refractivity contribution in [3.8, 4) is 33.9 Å². The number of nitrogens with zero attached hydrogens (tertiary/aromatic N) is 3. The fourth-order valence-corrected chi connectivity index (χ4v) is 2.76. The van der Waals surface area contributed by atoms with Gasteiger partial charge in [-0.25, -0.2) is 4.98 Å². The van der Waals surface area contributed by atoms with Crippen LogP contribution in [-0.2, 0) is 0 Å². The van der Waals surface area contributed by atoms with Crippen molar-refractivity contribution in [2.75, 3.05) is 0 Å². The average molecular weight is 325 g/mol. The summed E-state index contributed by atoms with van der Waals surface area (Å²) in [5.41, 5.74) is 3.55. The molecule has 0 fully saturated rings. The second-order valence-corrected chi connectivity index (χ2v) is 5.60. The maximum atomic E-state index is 12.8. The normalized spacial score (nSPS) is 10.6. The van der Waals surface area contributed by atoms with Crippen molar-refractivity contribution in [1.82, 2.24) is 10.1 Å². The number of hydrogen-bond donors (Lipinski definition) is 0. The van der Waals surface area contributed by atoms with E-state index in [4.69, 9.17) is 4.98 Å². The summed E-state index contributed by atoms with van der Waals surface area (Å²) in [5.74, 6) is 0.411. The molecule has 4 aromatic rings. The molecule has 0 saturated carbocycles. The van der Waals surface area contributed by atoms with Gasteiger partial charge in [0.25, 0.3) is 5.69 Å². The number of aromatic nitrogens is 3. The Hall–Kier alpha value is -3.53. The molecule has 1 heterocycles. The zero-order valence-electron chi connectivity index (χ0n) is 13.4. The molecule has 0 aliphatic heterocycles. The van der Waals surface area contributed by atoms with Crippen molar-refractivity contribution in [3.05, 3.63) is 96.2 Å². The topological polar surface area (TPSA) is 52.7 Å². The summed E-state index contributed by atoms with van der Waals surface area (Å²) in [7, 11) is 0. The van der Waals surface area contributed by atoms with Crippen LogP contribution in [0.15, 0.2) is 91.0 Å². The molecule has 0 N–H and O–H groups in total. The van der Waals surface area contributed by atoms with Gasteiger partial charge in [0.15, 0.2) is 0 Å². The Morgan fingerprint density at radius 2 is 1.08 bits per heavy atom. The second kappa shape index (κ2) is 6.53. The van der Waals surface area contributed by atoms with Gasteiger partial charge < -0.3 is 5.21 Å². The molecule has 4 nitrogen and oxygen atoms in total. The molecule has 3 aromatic carbocycles. The van der Waals surface area contributed by atoms with Gasteiger partial charge in [0, 0.05) is 16.2 Å². The molecule has 25 heavy (non-hydrogen) atoms. The highest BCUT2D eigenvalue weighted by Gasteiger charge is 2.22. The third-order valence-electron chi connectivity index (χ3n) is 3.95. The summed E-state index contributed by atoms with van der Waals surface area (Å²) in [6, 6.07) is 28.7. The molecule has 0 amide bonds. The molecule has 0 unspecified atom stereocenters. The first-order valence-electron chi connectivity index (χ1n) is 8.01. The van der Waals surface area contributed by atoms with Crippen LogP contribution in [0.1, 0.15) is 0 Å². The molecular formula is C21H15N3O. The van der Waals surface area contributed by atoms with Gasteiger partial charge in [-0.3, -0.25) is 0 Å². The van der Waals surface area contributed by atoms with Crippen LogP contribution in [0.5, 0.6) is 0 Å². The zero-order valence-corrected chi connectivity index (χ0v) is 13.4. The van der Waals surface area contributed by atoms with E-state index >= 15 is 0 Å². The molecule has 0 bridgehead atoms. The maximum Gasteiger partial charge on any atom is 0.278 e. The molecule has 0 atom stereocenters. The van der Waals surface area contributed by atoms with Crippen LogP contribution in [0, 0.1) is 5.21 Å². The smallest absolute Gasteiger partial charge is 0.278 e. The standard InChI is InChI=1S/C21H15N3O/c25-24-20(17-12-6-2-7-13-17)19(16-10-4-1-5-11-16)22-21(23-24)18-14-8-3-9-15-18/h1-15H. The third-order valence-corrected chi connectivity index (χ3v) is 3.95. The third kappa shape index (κ3) is 2.97. The SMILES string of the molecule is [O-][n+]1nc(-c2ccccc2)nc(-c2ccccc2)c1-c1ccccc1. The van der Waals surface area contributed by atoms with Gasteiger partial charge in [-0.15, -0.1) is 0 Å². The summed E-state index contributed by atoms with van der Waals surface area (Å²) in [6.07, 6.45) is 0. The quantitative estimate of drug-likeness (QED) is 0.421. The van der Waals surface area contributed by atoms with E-state index in [0.29, 0.717) is 22.1 Å². The molecule has 120 valence electrons. The van der Waals surface area contributed by atoms with E-state index in [1.807, 2.05) is 91.0 Å². The zero-order chi connectivity index (χ0) is 17.1. The van der Waals surface area contributed by atoms with E-state index in [-0.39, 0.29) is 0 Å². The van der Waals surface area contributed by atoms with Crippen molar-refractivity contribution in [1.29, 1.82) is 0 Å². The van der Waals surface area contributed by atoms with E-state index in [0.717, 1.165) is 16.7 Å². The first-order valence-corrected chi connectivity index (χ1v) is 8.01. The minimum absolute atomic E-state index is 0.411. The summed E-state index contributed by atoms with van der Waals surface area (Å²) in [6.45, 7) is 0. The molecule has 4 rings (SSSR count). The van der Waals surface area contributed by atoms with Crippen LogP contribution in [0.25, 0.3) is 33.9 Å². The summed E-state index contributed by atoms with van der Waals surface area (Å²) < 4.78 is 0. The van der Waals surface area contributed by atoms with Gasteiger partial charge in [0.1, 0.15) is 5.69 Å². The minimum atomic E-state index is 0.411. The van der Waals surface area contributed by atoms with Gasteiger partial charge in [-0.1, -0.05) is 78.9 Å². The van der Waals surface area contributed by atoms with E-state index in [2.05, 4.69) is 5.10 Å². The summed E-state index contributed by atoms with van der Waals surface area (Å²) in [5, 5.41) is 16.9. The molecule has 0 aliphatic carbocycles. The predicted octanol–water partition coefficient (Wildman–Crippen LogP) is 4.11. The van der Waals surface area contributed by atoms with Crippen LogP contribution in [-0.4, -0.2) is 10.1 Å². The van der Waals surface area contributed by atoms with Crippen molar-refractivity contribution in [2.45, 2.75) is 0 Å².